The van der Waals surface area contributed by atoms with Gasteiger partial charge in [0.05, 0.1) is 11.0 Å². The Hall–Kier alpha value is -1.95. The van der Waals surface area contributed by atoms with Crippen LogP contribution in [-0.4, -0.2) is 23.4 Å². The van der Waals surface area contributed by atoms with E-state index in [1.54, 1.807) is 19.1 Å². The van der Waals surface area contributed by atoms with E-state index in [2.05, 4.69) is 10.6 Å². The van der Waals surface area contributed by atoms with Crippen molar-refractivity contribution in [3.63, 3.8) is 0 Å². The minimum atomic E-state index is -0.441. The number of rotatable bonds is 3. The summed E-state index contributed by atoms with van der Waals surface area (Å²) in [7, 11) is 0. The molecule has 0 aliphatic carbocycles. The summed E-state index contributed by atoms with van der Waals surface area (Å²) in [5, 5.41) is 16.7. The number of nitrogens with zero attached hydrogens (tertiary/aromatic N) is 1. The van der Waals surface area contributed by atoms with Crippen LogP contribution in [0.25, 0.3) is 0 Å². The van der Waals surface area contributed by atoms with Gasteiger partial charge in [0, 0.05) is 17.3 Å². The van der Waals surface area contributed by atoms with Crippen LogP contribution < -0.4 is 10.6 Å². The highest BCUT2D eigenvalue weighted by Gasteiger charge is 2.21. The van der Waals surface area contributed by atoms with Crippen LogP contribution in [0.15, 0.2) is 18.2 Å². The first-order chi connectivity index (χ1) is 9.08. The lowest BCUT2D eigenvalue weighted by Crippen LogP contribution is -2.43. The van der Waals surface area contributed by atoms with Gasteiger partial charge in [-0.15, -0.1) is 0 Å². The average molecular weight is 263 g/mol. The summed E-state index contributed by atoms with van der Waals surface area (Å²) in [6, 6.07) is 4.52. The van der Waals surface area contributed by atoms with Gasteiger partial charge in [0.15, 0.2) is 0 Å². The van der Waals surface area contributed by atoms with Crippen molar-refractivity contribution in [2.45, 2.75) is 32.2 Å². The number of amides is 1. The lowest BCUT2D eigenvalue weighted by Gasteiger charge is -2.22. The van der Waals surface area contributed by atoms with Crippen LogP contribution in [0.3, 0.4) is 0 Å². The van der Waals surface area contributed by atoms with Gasteiger partial charge in [-0.2, -0.15) is 0 Å². The quantitative estimate of drug-likeness (QED) is 0.645. The Bertz CT molecular complexity index is 496. The number of hydrogen-bond donors (Lipinski definition) is 2. The molecule has 1 amide bonds. The smallest absolute Gasteiger partial charge is 0.274 e. The zero-order valence-corrected chi connectivity index (χ0v) is 10.8. The summed E-state index contributed by atoms with van der Waals surface area (Å²) >= 11 is 0. The Morgan fingerprint density at radius 3 is 2.89 bits per heavy atom. The molecule has 19 heavy (non-hydrogen) atoms. The van der Waals surface area contributed by atoms with E-state index in [0.29, 0.717) is 11.3 Å². The minimum Gasteiger partial charge on any atom is -0.324 e. The van der Waals surface area contributed by atoms with Crippen molar-refractivity contribution in [2.75, 3.05) is 11.9 Å². The first-order valence-electron chi connectivity index (χ1n) is 6.37. The topological polar surface area (TPSA) is 84.3 Å². The molecule has 102 valence electrons. The van der Waals surface area contributed by atoms with E-state index in [1.165, 1.54) is 6.07 Å². The van der Waals surface area contributed by atoms with Crippen molar-refractivity contribution in [3.8, 4) is 0 Å². The number of nitrogens with one attached hydrogen (secondary N) is 2. The van der Waals surface area contributed by atoms with Crippen LogP contribution in [0.2, 0.25) is 0 Å². The van der Waals surface area contributed by atoms with Crippen LogP contribution in [0.5, 0.6) is 0 Å². The van der Waals surface area contributed by atoms with Crippen LogP contribution in [0, 0.1) is 17.0 Å². The van der Waals surface area contributed by atoms with E-state index in [1.807, 2.05) is 0 Å². The van der Waals surface area contributed by atoms with Gasteiger partial charge >= 0.3 is 0 Å². The summed E-state index contributed by atoms with van der Waals surface area (Å²) in [6.07, 6.45) is 2.92. The first-order valence-corrected chi connectivity index (χ1v) is 6.37. The maximum atomic E-state index is 12.0. The van der Waals surface area contributed by atoms with Gasteiger partial charge in [-0.3, -0.25) is 14.9 Å². The molecule has 6 nitrogen and oxygen atoms in total. The maximum Gasteiger partial charge on any atom is 0.274 e. The van der Waals surface area contributed by atoms with Gasteiger partial charge < -0.3 is 10.6 Å². The number of carbonyl (C=O) groups excluding carboxylic acids is 1. The molecule has 0 spiro atoms. The van der Waals surface area contributed by atoms with Gasteiger partial charge in [-0.25, -0.2) is 0 Å². The van der Waals surface area contributed by atoms with E-state index >= 15 is 0 Å². The number of hydrogen-bond acceptors (Lipinski definition) is 4. The van der Waals surface area contributed by atoms with Crippen LogP contribution in [-0.2, 0) is 4.79 Å². The van der Waals surface area contributed by atoms with E-state index in [-0.39, 0.29) is 17.6 Å². The van der Waals surface area contributed by atoms with Gasteiger partial charge in [-0.05, 0) is 32.4 Å². The molecule has 1 fully saturated rings. The molecule has 1 saturated heterocycles. The molecule has 2 N–H and O–H groups in total. The van der Waals surface area contributed by atoms with Crippen molar-refractivity contribution in [1.29, 1.82) is 0 Å². The van der Waals surface area contributed by atoms with Crippen LogP contribution >= 0.6 is 0 Å². The van der Waals surface area contributed by atoms with Crippen LogP contribution in [0.1, 0.15) is 24.8 Å². The Kier molecular flexibility index (Phi) is 4.11. The third-order valence-electron chi connectivity index (χ3n) is 3.30. The number of nitro groups is 1. The third-order valence-corrected chi connectivity index (χ3v) is 3.30. The second kappa shape index (κ2) is 5.79. The largest absolute Gasteiger partial charge is 0.324 e. The molecule has 1 aliphatic heterocycles. The van der Waals surface area contributed by atoms with Gasteiger partial charge in [0.25, 0.3) is 5.69 Å². The van der Waals surface area contributed by atoms with E-state index in [4.69, 9.17) is 0 Å². The van der Waals surface area contributed by atoms with Crippen molar-refractivity contribution in [3.05, 3.63) is 33.9 Å². The molecule has 0 radical (unpaired) electrons. The Morgan fingerprint density at radius 2 is 2.26 bits per heavy atom. The van der Waals surface area contributed by atoms with Crippen LogP contribution in [0.4, 0.5) is 11.4 Å². The number of benzene rings is 1. The summed E-state index contributed by atoms with van der Waals surface area (Å²) in [4.78, 5) is 22.4. The van der Waals surface area contributed by atoms with Crippen molar-refractivity contribution in [1.82, 2.24) is 5.32 Å². The Balaban J connectivity index is 2.08. The highest BCUT2D eigenvalue weighted by molar-refractivity contribution is 5.95. The Labute approximate surface area is 111 Å². The highest BCUT2D eigenvalue weighted by atomic mass is 16.6. The molecular formula is C13H17N3O3. The predicted molar refractivity (Wildman–Crippen MR) is 72.1 cm³/mol. The van der Waals surface area contributed by atoms with Crippen molar-refractivity contribution in [2.24, 2.45) is 0 Å². The third kappa shape index (κ3) is 3.29. The van der Waals surface area contributed by atoms with E-state index in [9.17, 15) is 14.9 Å². The molecule has 0 saturated carbocycles. The predicted octanol–water partition coefficient (Wildman–Crippen LogP) is 1.98. The zero-order valence-electron chi connectivity index (χ0n) is 10.8. The minimum absolute atomic E-state index is 0.0226. The molecule has 0 bridgehead atoms. The lowest BCUT2D eigenvalue weighted by molar-refractivity contribution is -0.385. The molecule has 2 rings (SSSR count). The normalized spacial score (nSPS) is 18.9. The van der Waals surface area contributed by atoms with Gasteiger partial charge in [0.2, 0.25) is 5.91 Å². The second-order valence-corrected chi connectivity index (χ2v) is 4.75. The standard InChI is InChI=1S/C13H17N3O3/c1-9-5-6-10(8-12(9)16(18)19)15-13(17)11-4-2-3-7-14-11/h5-6,8,11,14H,2-4,7H2,1H3,(H,15,17)/t11-/m0/s1. The fourth-order valence-corrected chi connectivity index (χ4v) is 2.19. The number of nitro benzene ring substituents is 1. The van der Waals surface area contributed by atoms with Gasteiger partial charge in [0.1, 0.15) is 0 Å². The number of piperidine rings is 1. The van der Waals surface area contributed by atoms with Crippen molar-refractivity contribution < 1.29 is 9.72 Å². The number of anilines is 1. The fraction of sp³-hybridized carbons (Fsp3) is 0.462. The maximum absolute atomic E-state index is 12.0. The summed E-state index contributed by atoms with van der Waals surface area (Å²) < 4.78 is 0. The molecule has 0 aromatic heterocycles. The first kappa shape index (κ1) is 13.5. The molecule has 1 aromatic rings. The monoisotopic (exact) mass is 263 g/mol. The number of carbonyl (C=O) groups is 1. The van der Waals surface area contributed by atoms with Gasteiger partial charge in [-0.1, -0.05) is 12.5 Å². The Morgan fingerprint density at radius 1 is 1.47 bits per heavy atom. The van der Waals surface area contributed by atoms with E-state index in [0.717, 1.165) is 25.8 Å². The number of aryl methyl sites for hydroxylation is 1. The molecular weight excluding hydrogens is 246 g/mol. The summed E-state index contributed by atoms with van der Waals surface area (Å²) in [5.74, 6) is -0.127. The average Bonchev–Trinajstić information content (AvgIpc) is 2.41. The lowest BCUT2D eigenvalue weighted by atomic mass is 10.0. The zero-order chi connectivity index (χ0) is 13.8. The molecule has 1 atom stereocenters. The van der Waals surface area contributed by atoms with E-state index < -0.39 is 4.92 Å². The molecule has 1 aliphatic rings. The molecule has 1 aromatic carbocycles. The molecule has 0 unspecified atom stereocenters. The second-order valence-electron chi connectivity index (χ2n) is 4.75. The highest BCUT2D eigenvalue weighted by Crippen LogP contribution is 2.22. The summed E-state index contributed by atoms with van der Waals surface area (Å²) in [5.41, 5.74) is 1.07. The SMILES string of the molecule is Cc1ccc(NC(=O)[C@@H]2CCCCN2)cc1[N+](=O)[O-]. The van der Waals surface area contributed by atoms with Crippen molar-refractivity contribution >= 4 is 17.3 Å². The molecule has 6 heteroatoms. The fourth-order valence-electron chi connectivity index (χ4n) is 2.19. The molecule has 1 heterocycles. The summed E-state index contributed by atoms with van der Waals surface area (Å²) in [6.45, 7) is 2.51.